The van der Waals surface area contributed by atoms with Crippen molar-refractivity contribution in [1.82, 2.24) is 4.31 Å². The van der Waals surface area contributed by atoms with E-state index in [1.165, 1.54) is 10.4 Å². The van der Waals surface area contributed by atoms with Crippen molar-refractivity contribution in [2.24, 2.45) is 0 Å². The predicted molar refractivity (Wildman–Crippen MR) is 68.1 cm³/mol. The Morgan fingerprint density at radius 1 is 1.33 bits per heavy atom. The lowest BCUT2D eigenvalue weighted by atomic mass is 10.3. The average molecular weight is 339 g/mol. The molecule has 0 unspecified atom stereocenters. The van der Waals surface area contributed by atoms with E-state index < -0.39 is 20.7 Å². The number of morpholine rings is 1. The van der Waals surface area contributed by atoms with Gasteiger partial charge >= 0.3 is 0 Å². The summed E-state index contributed by atoms with van der Waals surface area (Å²) >= 11 is 2.95. The van der Waals surface area contributed by atoms with Crippen molar-refractivity contribution < 1.29 is 17.5 Å². The molecule has 1 aliphatic rings. The average Bonchev–Trinajstić information content (AvgIpc) is 2.34. The van der Waals surface area contributed by atoms with Gasteiger partial charge in [0.15, 0.2) is 5.82 Å². The Balaban J connectivity index is 2.46. The SMILES string of the molecule is Nc1cc(Br)c(F)c(S(=O)(=O)N2CCOCC2)c1. The van der Waals surface area contributed by atoms with E-state index in [4.69, 9.17) is 10.5 Å². The highest BCUT2D eigenvalue weighted by atomic mass is 79.9. The van der Waals surface area contributed by atoms with Gasteiger partial charge < -0.3 is 10.5 Å². The van der Waals surface area contributed by atoms with E-state index in [9.17, 15) is 12.8 Å². The molecule has 1 aliphatic heterocycles. The molecule has 2 rings (SSSR count). The van der Waals surface area contributed by atoms with Gasteiger partial charge in [-0.1, -0.05) is 0 Å². The summed E-state index contributed by atoms with van der Waals surface area (Å²) in [7, 11) is -3.87. The maximum absolute atomic E-state index is 13.9. The molecule has 2 N–H and O–H groups in total. The van der Waals surface area contributed by atoms with Crippen LogP contribution < -0.4 is 5.73 Å². The molecule has 1 fully saturated rings. The Morgan fingerprint density at radius 2 is 1.94 bits per heavy atom. The van der Waals surface area contributed by atoms with E-state index in [0.29, 0.717) is 13.2 Å². The fourth-order valence-electron chi connectivity index (χ4n) is 1.70. The van der Waals surface area contributed by atoms with Gasteiger partial charge in [-0.3, -0.25) is 0 Å². The second kappa shape index (κ2) is 5.12. The summed E-state index contributed by atoms with van der Waals surface area (Å²) in [5.41, 5.74) is 5.74. The Labute approximate surface area is 113 Å². The van der Waals surface area contributed by atoms with Crippen molar-refractivity contribution in [3.05, 3.63) is 22.4 Å². The summed E-state index contributed by atoms with van der Waals surface area (Å²) in [5, 5.41) is 0. The monoisotopic (exact) mass is 338 g/mol. The van der Waals surface area contributed by atoms with E-state index in [1.807, 2.05) is 0 Å². The van der Waals surface area contributed by atoms with Gasteiger partial charge in [-0.05, 0) is 28.1 Å². The third kappa shape index (κ3) is 2.51. The van der Waals surface area contributed by atoms with Gasteiger partial charge in [0, 0.05) is 18.8 Å². The molecular formula is C10H12BrFN2O3S. The summed E-state index contributed by atoms with van der Waals surface area (Å²) < 4.78 is 44.7. The van der Waals surface area contributed by atoms with Crippen LogP contribution in [0.1, 0.15) is 0 Å². The number of rotatable bonds is 2. The van der Waals surface area contributed by atoms with E-state index in [2.05, 4.69) is 15.9 Å². The number of halogens is 2. The first kappa shape index (κ1) is 13.7. The normalized spacial score (nSPS) is 17.9. The van der Waals surface area contributed by atoms with Gasteiger partial charge in [-0.15, -0.1) is 0 Å². The summed E-state index contributed by atoms with van der Waals surface area (Å²) in [6.45, 7) is 1.05. The number of ether oxygens (including phenoxy) is 1. The van der Waals surface area contributed by atoms with E-state index in [1.54, 1.807) is 0 Å². The zero-order valence-electron chi connectivity index (χ0n) is 9.40. The number of sulfonamides is 1. The molecule has 1 aromatic carbocycles. The molecule has 0 amide bonds. The lowest BCUT2D eigenvalue weighted by Crippen LogP contribution is -2.41. The van der Waals surface area contributed by atoms with Crippen molar-refractivity contribution in [3.63, 3.8) is 0 Å². The summed E-state index contributed by atoms with van der Waals surface area (Å²) in [6.07, 6.45) is 0. The molecule has 18 heavy (non-hydrogen) atoms. The van der Waals surface area contributed by atoms with Crippen LogP contribution in [0, 0.1) is 5.82 Å². The molecule has 0 bridgehead atoms. The van der Waals surface area contributed by atoms with Crippen LogP contribution in [0.4, 0.5) is 10.1 Å². The molecule has 0 radical (unpaired) electrons. The summed E-state index contributed by atoms with van der Waals surface area (Å²) in [5.74, 6) is -0.823. The maximum Gasteiger partial charge on any atom is 0.246 e. The Kier molecular flexibility index (Phi) is 3.90. The number of anilines is 1. The number of benzene rings is 1. The highest BCUT2D eigenvalue weighted by molar-refractivity contribution is 9.10. The fourth-order valence-corrected chi connectivity index (χ4v) is 3.84. The van der Waals surface area contributed by atoms with E-state index in [0.717, 1.165) is 6.07 Å². The molecule has 0 aromatic heterocycles. The van der Waals surface area contributed by atoms with Crippen molar-refractivity contribution in [2.75, 3.05) is 32.0 Å². The number of nitrogen functional groups attached to an aromatic ring is 1. The molecule has 0 aliphatic carbocycles. The lowest BCUT2D eigenvalue weighted by molar-refractivity contribution is 0.0729. The first-order valence-corrected chi connectivity index (χ1v) is 7.48. The lowest BCUT2D eigenvalue weighted by Gasteiger charge is -2.26. The Morgan fingerprint density at radius 3 is 2.56 bits per heavy atom. The molecule has 0 saturated carbocycles. The fraction of sp³-hybridized carbons (Fsp3) is 0.400. The molecule has 0 spiro atoms. The van der Waals surface area contributed by atoms with Crippen molar-refractivity contribution in [3.8, 4) is 0 Å². The molecule has 1 saturated heterocycles. The number of nitrogens with zero attached hydrogens (tertiary/aromatic N) is 1. The number of hydrogen-bond donors (Lipinski definition) is 1. The van der Waals surface area contributed by atoms with Crippen molar-refractivity contribution >= 4 is 31.6 Å². The molecule has 8 heteroatoms. The molecule has 100 valence electrons. The van der Waals surface area contributed by atoms with Crippen LogP contribution in [0.25, 0.3) is 0 Å². The minimum atomic E-state index is -3.87. The van der Waals surface area contributed by atoms with Gasteiger partial charge in [0.05, 0.1) is 17.7 Å². The van der Waals surface area contributed by atoms with Gasteiger partial charge in [-0.2, -0.15) is 4.31 Å². The second-order valence-corrected chi connectivity index (χ2v) is 6.59. The van der Waals surface area contributed by atoms with Crippen LogP contribution in [-0.4, -0.2) is 39.0 Å². The van der Waals surface area contributed by atoms with Crippen molar-refractivity contribution in [1.29, 1.82) is 0 Å². The predicted octanol–water partition coefficient (Wildman–Crippen LogP) is 1.19. The zero-order valence-corrected chi connectivity index (χ0v) is 11.8. The highest BCUT2D eigenvalue weighted by Crippen LogP contribution is 2.28. The van der Waals surface area contributed by atoms with Crippen LogP contribution >= 0.6 is 15.9 Å². The topological polar surface area (TPSA) is 72.6 Å². The minimum absolute atomic E-state index is 0.0364. The quantitative estimate of drug-likeness (QED) is 0.822. The van der Waals surface area contributed by atoms with Gasteiger partial charge in [-0.25, -0.2) is 12.8 Å². The number of hydrogen-bond acceptors (Lipinski definition) is 4. The first-order valence-electron chi connectivity index (χ1n) is 5.25. The molecule has 0 atom stereocenters. The van der Waals surface area contributed by atoms with Crippen LogP contribution in [0.2, 0.25) is 0 Å². The van der Waals surface area contributed by atoms with Crippen LogP contribution in [0.3, 0.4) is 0 Å². The van der Waals surface area contributed by atoms with Gasteiger partial charge in [0.25, 0.3) is 0 Å². The molecule has 5 nitrogen and oxygen atoms in total. The van der Waals surface area contributed by atoms with E-state index in [-0.39, 0.29) is 23.2 Å². The smallest absolute Gasteiger partial charge is 0.246 e. The second-order valence-electron chi connectivity index (χ2n) is 3.83. The maximum atomic E-state index is 13.9. The number of nitrogens with two attached hydrogens (primary N) is 1. The molecular weight excluding hydrogens is 327 g/mol. The third-order valence-electron chi connectivity index (χ3n) is 2.61. The van der Waals surface area contributed by atoms with Crippen LogP contribution in [0.5, 0.6) is 0 Å². The first-order chi connectivity index (χ1) is 8.43. The Hall–Kier alpha value is -0.700. The largest absolute Gasteiger partial charge is 0.399 e. The summed E-state index contributed by atoms with van der Waals surface area (Å²) in [4.78, 5) is -0.406. The van der Waals surface area contributed by atoms with Crippen LogP contribution in [0.15, 0.2) is 21.5 Å². The molecule has 1 aromatic rings. The highest BCUT2D eigenvalue weighted by Gasteiger charge is 2.30. The van der Waals surface area contributed by atoms with Crippen molar-refractivity contribution in [2.45, 2.75) is 4.90 Å². The standard InChI is InChI=1S/C10H12BrFN2O3S/c11-8-5-7(13)6-9(10(8)12)18(15,16)14-1-3-17-4-2-14/h5-6H,1-4,13H2. The minimum Gasteiger partial charge on any atom is -0.399 e. The van der Waals surface area contributed by atoms with Gasteiger partial charge in [0.1, 0.15) is 4.90 Å². The van der Waals surface area contributed by atoms with Gasteiger partial charge in [0.2, 0.25) is 10.0 Å². The summed E-state index contributed by atoms with van der Waals surface area (Å²) in [6, 6.07) is 2.46. The molecule has 1 heterocycles. The van der Waals surface area contributed by atoms with E-state index >= 15 is 0 Å². The van der Waals surface area contributed by atoms with Crippen LogP contribution in [-0.2, 0) is 14.8 Å². The Bertz CT molecular complexity index is 558. The third-order valence-corrected chi connectivity index (χ3v) is 5.08. The zero-order chi connectivity index (χ0) is 13.3.